The number of carboxylic acids is 1. The van der Waals surface area contributed by atoms with Crippen LogP contribution in [0.3, 0.4) is 0 Å². The minimum Gasteiger partial charge on any atom is -0.478 e. The van der Waals surface area contributed by atoms with Crippen molar-refractivity contribution in [3.05, 3.63) is 53.1 Å². The van der Waals surface area contributed by atoms with Crippen molar-refractivity contribution in [2.45, 2.75) is 19.8 Å². The van der Waals surface area contributed by atoms with Crippen LogP contribution in [0.1, 0.15) is 24.0 Å². The number of carboxylic acid groups (broad SMARTS) is 1. The highest BCUT2D eigenvalue weighted by atomic mass is 16.4. The van der Waals surface area contributed by atoms with Crippen LogP contribution in [0.2, 0.25) is 0 Å². The number of aryl methyl sites for hydroxylation is 1. The monoisotopic (exact) mass is 214 g/mol. The van der Waals surface area contributed by atoms with Crippen molar-refractivity contribution in [2.75, 3.05) is 0 Å². The largest absolute Gasteiger partial charge is 0.478 e. The van der Waals surface area contributed by atoms with Gasteiger partial charge in [-0.3, -0.25) is 0 Å². The summed E-state index contributed by atoms with van der Waals surface area (Å²) in [5, 5.41) is 8.67. The van der Waals surface area contributed by atoms with E-state index in [0.29, 0.717) is 0 Å². The molecule has 0 unspecified atom stereocenters. The molecule has 0 radical (unpaired) electrons. The van der Waals surface area contributed by atoms with Gasteiger partial charge in [0.1, 0.15) is 0 Å². The van der Waals surface area contributed by atoms with Crippen LogP contribution in [0.15, 0.2) is 42.0 Å². The Morgan fingerprint density at radius 3 is 2.88 bits per heavy atom. The summed E-state index contributed by atoms with van der Waals surface area (Å²) in [6, 6.07) is 8.30. The van der Waals surface area contributed by atoms with Gasteiger partial charge >= 0.3 is 5.97 Å². The van der Waals surface area contributed by atoms with E-state index < -0.39 is 5.97 Å². The van der Waals surface area contributed by atoms with Crippen LogP contribution >= 0.6 is 0 Å². The molecule has 1 aromatic rings. The van der Waals surface area contributed by atoms with Gasteiger partial charge in [-0.1, -0.05) is 35.9 Å². The Kier molecular flexibility index (Phi) is 2.91. The van der Waals surface area contributed by atoms with E-state index >= 15 is 0 Å². The van der Waals surface area contributed by atoms with Gasteiger partial charge in [0, 0.05) is 6.08 Å². The van der Waals surface area contributed by atoms with Crippen LogP contribution in [0, 0.1) is 6.92 Å². The molecule has 1 N–H and O–H groups in total. The molecular weight excluding hydrogens is 200 g/mol. The van der Waals surface area contributed by atoms with Crippen LogP contribution < -0.4 is 0 Å². The summed E-state index contributed by atoms with van der Waals surface area (Å²) < 4.78 is 0. The van der Waals surface area contributed by atoms with Gasteiger partial charge in [0.15, 0.2) is 0 Å². The fourth-order valence-corrected chi connectivity index (χ4v) is 1.99. The minimum atomic E-state index is -0.864. The van der Waals surface area contributed by atoms with Crippen LogP contribution in [0.5, 0.6) is 0 Å². The molecule has 0 saturated carbocycles. The van der Waals surface area contributed by atoms with Crippen LogP contribution in [-0.4, -0.2) is 11.1 Å². The number of aliphatic carboxylic acids is 1. The maximum atomic E-state index is 10.5. The van der Waals surface area contributed by atoms with E-state index in [1.165, 1.54) is 22.8 Å². The third-order valence-corrected chi connectivity index (χ3v) is 2.74. The summed E-state index contributed by atoms with van der Waals surface area (Å²) in [4.78, 5) is 10.5. The molecule has 0 atom stereocenters. The smallest absolute Gasteiger partial charge is 0.328 e. The molecule has 2 heteroatoms. The van der Waals surface area contributed by atoms with E-state index in [2.05, 4.69) is 25.1 Å². The van der Waals surface area contributed by atoms with Gasteiger partial charge in [-0.05, 0) is 36.5 Å². The second-order valence-corrected chi connectivity index (χ2v) is 4.10. The lowest BCUT2D eigenvalue weighted by Crippen LogP contribution is -1.88. The van der Waals surface area contributed by atoms with Crippen LogP contribution in [0.4, 0.5) is 0 Å². The number of rotatable bonds is 2. The first-order valence-corrected chi connectivity index (χ1v) is 5.36. The van der Waals surface area contributed by atoms with E-state index in [9.17, 15) is 4.79 Å². The highest BCUT2D eigenvalue weighted by Crippen LogP contribution is 2.31. The average molecular weight is 214 g/mol. The fraction of sp³-hybridized carbons (Fsp3) is 0.214. The van der Waals surface area contributed by atoms with Gasteiger partial charge in [0.2, 0.25) is 0 Å². The highest BCUT2D eigenvalue weighted by Gasteiger charge is 2.11. The molecule has 1 aromatic carbocycles. The average Bonchev–Trinajstić information content (AvgIpc) is 2.65. The lowest BCUT2D eigenvalue weighted by atomic mass is 10.0. The maximum Gasteiger partial charge on any atom is 0.328 e. The summed E-state index contributed by atoms with van der Waals surface area (Å²) in [7, 11) is 0. The van der Waals surface area contributed by atoms with Gasteiger partial charge in [-0.25, -0.2) is 4.79 Å². The lowest BCUT2D eigenvalue weighted by molar-refractivity contribution is -0.131. The van der Waals surface area contributed by atoms with Gasteiger partial charge in [-0.2, -0.15) is 0 Å². The molecule has 2 rings (SSSR count). The molecule has 2 nitrogen and oxygen atoms in total. The zero-order valence-corrected chi connectivity index (χ0v) is 9.23. The predicted octanol–water partition coefficient (Wildman–Crippen LogP) is 3.18. The summed E-state index contributed by atoms with van der Waals surface area (Å²) in [5.41, 5.74) is 4.57. The van der Waals surface area contributed by atoms with E-state index in [-0.39, 0.29) is 0 Å². The standard InChI is InChI=1S/C14H14O2/c1-10-3-2-4-12(7-10)13-6-5-11(8-13)9-14(15)16/h2-4,7-9H,5-6H2,1H3,(H,15,16)/b11-9+. The molecule has 0 amide bonds. The third-order valence-electron chi connectivity index (χ3n) is 2.74. The number of hydrogen-bond donors (Lipinski definition) is 1. The van der Waals surface area contributed by atoms with Crippen LogP contribution in [0.25, 0.3) is 5.57 Å². The van der Waals surface area contributed by atoms with E-state index in [0.717, 1.165) is 18.4 Å². The summed E-state index contributed by atoms with van der Waals surface area (Å²) in [6.07, 6.45) is 5.05. The zero-order valence-electron chi connectivity index (χ0n) is 9.23. The summed E-state index contributed by atoms with van der Waals surface area (Å²) in [6.45, 7) is 2.06. The molecular formula is C14H14O2. The Morgan fingerprint density at radius 1 is 1.38 bits per heavy atom. The number of benzene rings is 1. The van der Waals surface area contributed by atoms with Crippen LogP contribution in [-0.2, 0) is 4.79 Å². The summed E-state index contributed by atoms with van der Waals surface area (Å²) >= 11 is 0. The molecule has 0 bridgehead atoms. The van der Waals surface area contributed by atoms with Gasteiger partial charge < -0.3 is 5.11 Å². The second-order valence-electron chi connectivity index (χ2n) is 4.10. The third kappa shape index (κ3) is 2.40. The van der Waals surface area contributed by atoms with Crippen molar-refractivity contribution < 1.29 is 9.90 Å². The molecule has 1 aliphatic carbocycles. The van der Waals surface area contributed by atoms with E-state index in [4.69, 9.17) is 5.11 Å². The van der Waals surface area contributed by atoms with E-state index in [1.807, 2.05) is 12.1 Å². The predicted molar refractivity (Wildman–Crippen MR) is 64.1 cm³/mol. The first-order chi connectivity index (χ1) is 7.65. The molecule has 0 heterocycles. The highest BCUT2D eigenvalue weighted by molar-refractivity contribution is 5.83. The Labute approximate surface area is 94.9 Å². The first kappa shape index (κ1) is 10.7. The Balaban J connectivity index is 2.28. The Morgan fingerprint density at radius 2 is 2.19 bits per heavy atom. The van der Waals surface area contributed by atoms with Crippen molar-refractivity contribution in [3.63, 3.8) is 0 Å². The molecule has 0 saturated heterocycles. The minimum absolute atomic E-state index is 0.829. The van der Waals surface area contributed by atoms with Gasteiger partial charge in [0.25, 0.3) is 0 Å². The molecule has 0 aliphatic heterocycles. The van der Waals surface area contributed by atoms with Gasteiger partial charge in [0.05, 0.1) is 0 Å². The van der Waals surface area contributed by atoms with Crippen molar-refractivity contribution in [1.82, 2.24) is 0 Å². The molecule has 16 heavy (non-hydrogen) atoms. The van der Waals surface area contributed by atoms with Crippen molar-refractivity contribution in [1.29, 1.82) is 0 Å². The zero-order chi connectivity index (χ0) is 11.5. The first-order valence-electron chi connectivity index (χ1n) is 5.36. The van der Waals surface area contributed by atoms with Crippen molar-refractivity contribution >= 4 is 11.5 Å². The van der Waals surface area contributed by atoms with Gasteiger partial charge in [-0.15, -0.1) is 0 Å². The molecule has 0 aromatic heterocycles. The number of carbonyl (C=O) groups is 1. The Hall–Kier alpha value is -1.83. The lowest BCUT2D eigenvalue weighted by Gasteiger charge is -2.01. The van der Waals surface area contributed by atoms with Crippen molar-refractivity contribution in [2.24, 2.45) is 0 Å². The maximum absolute atomic E-state index is 10.5. The Bertz CT molecular complexity index is 481. The second kappa shape index (κ2) is 4.35. The number of hydrogen-bond acceptors (Lipinski definition) is 1. The fourth-order valence-electron chi connectivity index (χ4n) is 1.99. The molecule has 82 valence electrons. The number of allylic oxidation sites excluding steroid dienone is 3. The molecule has 0 fully saturated rings. The molecule has 0 spiro atoms. The normalized spacial score (nSPS) is 17.6. The van der Waals surface area contributed by atoms with E-state index in [1.54, 1.807) is 0 Å². The molecule has 1 aliphatic rings. The quantitative estimate of drug-likeness (QED) is 0.768. The summed E-state index contributed by atoms with van der Waals surface area (Å²) in [5.74, 6) is -0.864. The van der Waals surface area contributed by atoms with Crippen molar-refractivity contribution in [3.8, 4) is 0 Å². The SMILES string of the molecule is Cc1cccc(C2=C/C(=C/C(=O)O)CC2)c1. The topological polar surface area (TPSA) is 37.3 Å².